The van der Waals surface area contributed by atoms with Crippen molar-refractivity contribution in [1.29, 1.82) is 0 Å². The smallest absolute Gasteiger partial charge is 0.325 e. The van der Waals surface area contributed by atoms with Crippen LogP contribution in [0.5, 0.6) is 0 Å². The number of carbonyl (C=O) groups excluding carboxylic acids is 2. The number of unbranched alkanes of at least 4 members (excludes halogenated alkanes) is 1. The van der Waals surface area contributed by atoms with Gasteiger partial charge in [0.2, 0.25) is 5.89 Å². The summed E-state index contributed by atoms with van der Waals surface area (Å²) in [5.41, 5.74) is 1.06. The number of urea groups is 1. The minimum Gasteiger partial charge on any atom is -0.337 e. The van der Waals surface area contributed by atoms with Crippen LogP contribution in [0.3, 0.4) is 0 Å². The van der Waals surface area contributed by atoms with Gasteiger partial charge in [-0.2, -0.15) is 4.98 Å². The molecule has 1 aliphatic heterocycles. The van der Waals surface area contributed by atoms with Crippen molar-refractivity contribution in [2.75, 3.05) is 0 Å². The molecule has 1 fully saturated rings. The molecule has 7 heteroatoms. The summed E-state index contributed by atoms with van der Waals surface area (Å²) in [6.45, 7) is 2.10. The van der Waals surface area contributed by atoms with Gasteiger partial charge in [0.15, 0.2) is 5.82 Å². The highest BCUT2D eigenvalue weighted by Crippen LogP contribution is 2.41. The average molecular weight is 340 g/mol. The van der Waals surface area contributed by atoms with Gasteiger partial charge in [0.25, 0.3) is 5.91 Å². The van der Waals surface area contributed by atoms with Crippen LogP contribution in [0.15, 0.2) is 28.8 Å². The Labute approximate surface area is 145 Å². The van der Waals surface area contributed by atoms with Gasteiger partial charge in [-0.3, -0.25) is 9.69 Å². The Morgan fingerprint density at radius 2 is 2.16 bits per heavy atom. The summed E-state index contributed by atoms with van der Waals surface area (Å²) < 4.78 is 5.21. The van der Waals surface area contributed by atoms with E-state index in [1.165, 1.54) is 4.90 Å². The summed E-state index contributed by atoms with van der Waals surface area (Å²) in [5, 5.41) is 6.81. The molecule has 25 heavy (non-hydrogen) atoms. The number of benzene rings is 1. The fourth-order valence-corrected chi connectivity index (χ4v) is 3.66. The van der Waals surface area contributed by atoms with Crippen molar-refractivity contribution in [1.82, 2.24) is 20.4 Å². The standard InChI is InChI=1S/C18H20N4O3/c1-2-3-8-14-19-15(25-21-14)11-22-16(23)18(20-17(22)24)10-9-12-6-4-5-7-13(12)18/h4-7H,2-3,8-11H2,1H3,(H,20,24). The van der Waals surface area contributed by atoms with Crippen LogP contribution < -0.4 is 5.32 Å². The van der Waals surface area contributed by atoms with Crippen LogP contribution in [0, 0.1) is 0 Å². The molecule has 2 heterocycles. The zero-order valence-corrected chi connectivity index (χ0v) is 14.1. The Kier molecular flexibility index (Phi) is 3.78. The third kappa shape index (κ3) is 2.50. The molecule has 0 bridgehead atoms. The average Bonchev–Trinajstić information content (AvgIpc) is 3.28. The largest absolute Gasteiger partial charge is 0.337 e. The van der Waals surface area contributed by atoms with E-state index in [-0.39, 0.29) is 18.3 Å². The molecule has 130 valence electrons. The van der Waals surface area contributed by atoms with E-state index in [1.807, 2.05) is 24.3 Å². The second-order valence-electron chi connectivity index (χ2n) is 6.59. The Balaban J connectivity index is 1.56. The van der Waals surface area contributed by atoms with Gasteiger partial charge in [-0.05, 0) is 30.4 Å². The number of hydrogen-bond acceptors (Lipinski definition) is 5. The Morgan fingerprint density at radius 1 is 1.32 bits per heavy atom. The third-order valence-electron chi connectivity index (χ3n) is 4.98. The molecule has 7 nitrogen and oxygen atoms in total. The van der Waals surface area contributed by atoms with Crippen molar-refractivity contribution in [3.63, 3.8) is 0 Å². The van der Waals surface area contributed by atoms with Gasteiger partial charge in [0, 0.05) is 6.42 Å². The maximum atomic E-state index is 13.0. The number of fused-ring (bicyclic) bond motifs is 2. The number of nitrogens with zero attached hydrogens (tertiary/aromatic N) is 3. The fraction of sp³-hybridized carbons (Fsp3) is 0.444. The quantitative estimate of drug-likeness (QED) is 0.844. The van der Waals surface area contributed by atoms with Crippen LogP contribution >= 0.6 is 0 Å². The van der Waals surface area contributed by atoms with Crippen LogP contribution in [0.25, 0.3) is 0 Å². The molecular formula is C18H20N4O3. The summed E-state index contributed by atoms with van der Waals surface area (Å²) in [5.74, 6) is 0.665. The lowest BCUT2D eigenvalue weighted by Crippen LogP contribution is -2.41. The van der Waals surface area contributed by atoms with Crippen LogP contribution in [-0.2, 0) is 29.7 Å². The molecule has 1 saturated heterocycles. The molecular weight excluding hydrogens is 320 g/mol. The zero-order chi connectivity index (χ0) is 17.4. The third-order valence-corrected chi connectivity index (χ3v) is 4.98. The number of rotatable bonds is 5. The number of carbonyl (C=O) groups is 2. The van der Waals surface area contributed by atoms with Crippen LogP contribution in [0.4, 0.5) is 4.79 Å². The molecule has 2 aromatic rings. The van der Waals surface area contributed by atoms with E-state index in [4.69, 9.17) is 4.52 Å². The molecule has 4 rings (SSSR count). The van der Waals surface area contributed by atoms with Crippen molar-refractivity contribution in [3.8, 4) is 0 Å². The van der Waals surface area contributed by atoms with Crippen LogP contribution in [0.1, 0.15) is 49.0 Å². The van der Waals surface area contributed by atoms with Gasteiger partial charge < -0.3 is 9.84 Å². The minimum atomic E-state index is -0.946. The maximum Gasteiger partial charge on any atom is 0.325 e. The highest BCUT2D eigenvalue weighted by Gasteiger charge is 2.55. The second-order valence-corrected chi connectivity index (χ2v) is 6.59. The Morgan fingerprint density at radius 3 is 3.00 bits per heavy atom. The monoisotopic (exact) mass is 340 g/mol. The SMILES string of the molecule is CCCCc1noc(CN2C(=O)NC3(CCc4ccccc43)C2=O)n1. The Bertz CT molecular complexity index is 831. The fourth-order valence-electron chi connectivity index (χ4n) is 3.66. The van der Waals surface area contributed by atoms with Crippen LogP contribution in [0.2, 0.25) is 0 Å². The first-order chi connectivity index (χ1) is 12.1. The lowest BCUT2D eigenvalue weighted by atomic mass is 9.92. The molecule has 1 unspecified atom stereocenters. The molecule has 1 aliphatic carbocycles. The molecule has 1 spiro atoms. The van der Waals surface area contributed by atoms with Crippen molar-refractivity contribution >= 4 is 11.9 Å². The number of amides is 3. The van der Waals surface area contributed by atoms with Gasteiger partial charge in [0.1, 0.15) is 12.1 Å². The summed E-state index contributed by atoms with van der Waals surface area (Å²) in [6.07, 6.45) is 4.11. The predicted octanol–water partition coefficient (Wildman–Crippen LogP) is 2.31. The minimum absolute atomic E-state index is 0.00765. The summed E-state index contributed by atoms with van der Waals surface area (Å²) >= 11 is 0. The first-order valence-electron chi connectivity index (χ1n) is 8.68. The number of aromatic nitrogens is 2. The normalized spacial score (nSPS) is 21.9. The number of hydrogen-bond donors (Lipinski definition) is 1. The molecule has 3 amide bonds. The van der Waals surface area contributed by atoms with Gasteiger partial charge in [-0.1, -0.05) is 42.8 Å². The van der Waals surface area contributed by atoms with E-state index in [1.54, 1.807) is 0 Å². The van der Waals surface area contributed by atoms with Crippen molar-refractivity contribution in [3.05, 3.63) is 47.1 Å². The summed E-state index contributed by atoms with van der Waals surface area (Å²) in [6, 6.07) is 7.36. The lowest BCUT2D eigenvalue weighted by molar-refractivity contribution is -0.132. The van der Waals surface area contributed by atoms with E-state index < -0.39 is 11.6 Å². The highest BCUT2D eigenvalue weighted by atomic mass is 16.5. The highest BCUT2D eigenvalue weighted by molar-refractivity contribution is 6.07. The number of nitrogens with one attached hydrogen (secondary N) is 1. The first-order valence-corrected chi connectivity index (χ1v) is 8.68. The van der Waals surface area contributed by atoms with E-state index in [0.717, 1.165) is 36.8 Å². The predicted molar refractivity (Wildman–Crippen MR) is 88.4 cm³/mol. The molecule has 0 radical (unpaired) electrons. The Hall–Kier alpha value is -2.70. The molecule has 1 N–H and O–H groups in total. The van der Waals surface area contributed by atoms with Gasteiger partial charge in [-0.25, -0.2) is 4.79 Å². The van der Waals surface area contributed by atoms with E-state index in [0.29, 0.717) is 12.2 Å². The molecule has 1 aromatic carbocycles. The zero-order valence-electron chi connectivity index (χ0n) is 14.1. The van der Waals surface area contributed by atoms with Crippen molar-refractivity contribution in [2.24, 2.45) is 0 Å². The van der Waals surface area contributed by atoms with Gasteiger partial charge >= 0.3 is 6.03 Å². The molecule has 1 atom stereocenters. The van der Waals surface area contributed by atoms with Gasteiger partial charge in [-0.15, -0.1) is 0 Å². The van der Waals surface area contributed by atoms with E-state index in [9.17, 15) is 9.59 Å². The van der Waals surface area contributed by atoms with Crippen molar-refractivity contribution in [2.45, 2.75) is 51.1 Å². The maximum absolute atomic E-state index is 13.0. The van der Waals surface area contributed by atoms with E-state index >= 15 is 0 Å². The molecule has 0 saturated carbocycles. The van der Waals surface area contributed by atoms with Crippen LogP contribution in [-0.4, -0.2) is 27.0 Å². The first kappa shape index (κ1) is 15.8. The second kappa shape index (κ2) is 5.98. The summed E-state index contributed by atoms with van der Waals surface area (Å²) in [7, 11) is 0. The lowest BCUT2D eigenvalue weighted by Gasteiger charge is -2.21. The molecule has 2 aliphatic rings. The molecule has 1 aromatic heterocycles. The van der Waals surface area contributed by atoms with E-state index in [2.05, 4.69) is 22.4 Å². The summed E-state index contributed by atoms with van der Waals surface area (Å²) in [4.78, 5) is 30.9. The van der Waals surface area contributed by atoms with Gasteiger partial charge in [0.05, 0.1) is 0 Å². The number of aryl methyl sites for hydroxylation is 2. The number of imide groups is 1. The van der Waals surface area contributed by atoms with Crippen molar-refractivity contribution < 1.29 is 14.1 Å². The topological polar surface area (TPSA) is 88.3 Å².